The van der Waals surface area contributed by atoms with Crippen molar-refractivity contribution in [3.63, 3.8) is 0 Å². The van der Waals surface area contributed by atoms with Crippen LogP contribution in [0.3, 0.4) is 0 Å². The quantitative estimate of drug-likeness (QED) is 0.449. The number of ether oxygens (including phenoxy) is 2. The van der Waals surface area contributed by atoms with Gasteiger partial charge in [0, 0.05) is 4.47 Å². The summed E-state index contributed by atoms with van der Waals surface area (Å²) in [5.74, 6) is 2.12. The van der Waals surface area contributed by atoms with Crippen molar-refractivity contribution in [2.45, 2.75) is 0 Å². The van der Waals surface area contributed by atoms with Gasteiger partial charge >= 0.3 is 0 Å². The lowest BCUT2D eigenvalue weighted by Gasteiger charge is -2.10. The Kier molecular flexibility index (Phi) is 4.78. The average Bonchev–Trinajstić information content (AvgIpc) is 3.08. The molecular weight excluding hydrogens is 430 g/mol. The van der Waals surface area contributed by atoms with Crippen LogP contribution in [0.25, 0.3) is 10.2 Å². The number of hydrogen-bond donors (Lipinski definition) is 2. The van der Waals surface area contributed by atoms with E-state index in [1.807, 2.05) is 42.5 Å². The Morgan fingerprint density at radius 2 is 1.85 bits per heavy atom. The van der Waals surface area contributed by atoms with E-state index in [0.29, 0.717) is 22.4 Å². The minimum atomic E-state index is 0.276. The maximum absolute atomic E-state index is 6.18. The largest absolute Gasteiger partial charge is 0.497 e. The number of rotatable bonds is 5. The first-order valence-electron chi connectivity index (χ1n) is 7.88. The normalized spacial score (nSPS) is 10.7. The van der Waals surface area contributed by atoms with Gasteiger partial charge in [-0.25, -0.2) is 9.97 Å². The topological polar surface area (TPSA) is 95.2 Å². The molecule has 0 aliphatic rings. The molecule has 0 aliphatic heterocycles. The van der Waals surface area contributed by atoms with E-state index in [2.05, 4.69) is 36.2 Å². The second-order valence-electron chi connectivity index (χ2n) is 5.47. The number of nitrogens with zero attached hydrogens (tertiary/aromatic N) is 3. The lowest BCUT2D eigenvalue weighted by atomic mass is 10.3. The van der Waals surface area contributed by atoms with Crippen molar-refractivity contribution in [2.75, 3.05) is 18.2 Å². The van der Waals surface area contributed by atoms with E-state index < -0.39 is 0 Å². The molecule has 2 aromatic carbocycles. The van der Waals surface area contributed by atoms with Gasteiger partial charge in [-0.2, -0.15) is 4.98 Å². The molecule has 2 aromatic heterocycles. The molecule has 136 valence electrons. The molecule has 0 unspecified atom stereocenters. The van der Waals surface area contributed by atoms with Gasteiger partial charge in [0.15, 0.2) is 10.9 Å². The summed E-state index contributed by atoms with van der Waals surface area (Å²) in [6.45, 7) is 0. The first-order valence-corrected chi connectivity index (χ1v) is 9.49. The number of thiazole rings is 1. The zero-order chi connectivity index (χ0) is 18.8. The van der Waals surface area contributed by atoms with E-state index in [4.69, 9.17) is 15.2 Å². The van der Waals surface area contributed by atoms with Crippen molar-refractivity contribution < 1.29 is 9.47 Å². The highest BCUT2D eigenvalue weighted by Gasteiger charge is 2.13. The summed E-state index contributed by atoms with van der Waals surface area (Å²) in [4.78, 5) is 12.9. The van der Waals surface area contributed by atoms with Gasteiger partial charge in [-0.3, -0.25) is 0 Å². The lowest BCUT2D eigenvalue weighted by molar-refractivity contribution is 0.415. The highest BCUT2D eigenvalue weighted by molar-refractivity contribution is 9.10. The van der Waals surface area contributed by atoms with Crippen LogP contribution >= 0.6 is 27.3 Å². The number of fused-ring (bicyclic) bond motifs is 1. The number of halogens is 1. The number of nitrogen functional groups attached to an aromatic ring is 1. The minimum Gasteiger partial charge on any atom is -0.497 e. The number of nitrogens with two attached hydrogens (primary N) is 1. The van der Waals surface area contributed by atoms with Crippen molar-refractivity contribution in [3.05, 3.63) is 53.3 Å². The fraction of sp³-hybridized carbons (Fsp3) is 0.0556. The summed E-state index contributed by atoms with van der Waals surface area (Å²) < 4.78 is 13.0. The molecule has 0 atom stereocenters. The third kappa shape index (κ3) is 3.79. The van der Waals surface area contributed by atoms with Crippen LogP contribution in [-0.4, -0.2) is 22.1 Å². The molecular formula is C18H14BrN5O2S. The van der Waals surface area contributed by atoms with Crippen LogP contribution in [0.1, 0.15) is 0 Å². The first kappa shape index (κ1) is 17.5. The number of nitrogens with one attached hydrogen (secondary N) is 1. The number of hydrogen-bond acceptors (Lipinski definition) is 8. The smallest absolute Gasteiger partial charge is 0.248 e. The number of anilines is 3. The molecule has 27 heavy (non-hydrogen) atoms. The summed E-state index contributed by atoms with van der Waals surface area (Å²) in [6.07, 6.45) is 1.39. The molecule has 0 saturated heterocycles. The van der Waals surface area contributed by atoms with Gasteiger partial charge in [-0.05, 0) is 42.5 Å². The highest BCUT2D eigenvalue weighted by atomic mass is 79.9. The Morgan fingerprint density at radius 3 is 2.63 bits per heavy atom. The fourth-order valence-electron chi connectivity index (χ4n) is 2.36. The van der Waals surface area contributed by atoms with Gasteiger partial charge in [0.05, 0.1) is 17.3 Å². The molecule has 3 N–H and O–H groups in total. The summed E-state index contributed by atoms with van der Waals surface area (Å²) in [7, 11) is 1.63. The Labute approximate surface area is 167 Å². The van der Waals surface area contributed by atoms with Gasteiger partial charge in [-0.1, -0.05) is 27.3 Å². The Bertz CT molecular complexity index is 1100. The average molecular weight is 444 g/mol. The van der Waals surface area contributed by atoms with Crippen molar-refractivity contribution >= 4 is 54.1 Å². The summed E-state index contributed by atoms with van der Waals surface area (Å²) in [5, 5.41) is 3.80. The van der Waals surface area contributed by atoms with E-state index in [0.717, 1.165) is 20.4 Å². The van der Waals surface area contributed by atoms with Crippen molar-refractivity contribution in [1.29, 1.82) is 0 Å². The number of aromatic nitrogens is 3. The van der Waals surface area contributed by atoms with Crippen LogP contribution in [0.4, 0.5) is 16.6 Å². The summed E-state index contributed by atoms with van der Waals surface area (Å²) >= 11 is 4.87. The van der Waals surface area contributed by atoms with Gasteiger partial charge in [-0.15, -0.1) is 0 Å². The van der Waals surface area contributed by atoms with E-state index in [1.165, 1.54) is 17.7 Å². The summed E-state index contributed by atoms with van der Waals surface area (Å²) in [5.41, 5.74) is 7.35. The number of methoxy groups -OCH3 is 1. The van der Waals surface area contributed by atoms with Crippen LogP contribution in [0, 0.1) is 0 Å². The van der Waals surface area contributed by atoms with Gasteiger partial charge in [0.2, 0.25) is 5.88 Å². The van der Waals surface area contributed by atoms with E-state index >= 15 is 0 Å². The van der Waals surface area contributed by atoms with E-state index in [9.17, 15) is 0 Å². The molecule has 7 nitrogen and oxygen atoms in total. The van der Waals surface area contributed by atoms with Gasteiger partial charge in [0.25, 0.3) is 0 Å². The monoisotopic (exact) mass is 443 g/mol. The zero-order valence-corrected chi connectivity index (χ0v) is 16.5. The molecule has 4 rings (SSSR count). The Hall–Kier alpha value is -2.91. The summed E-state index contributed by atoms with van der Waals surface area (Å²) in [6, 6.07) is 13.1. The third-order valence-corrected chi connectivity index (χ3v) is 5.16. The Morgan fingerprint density at radius 1 is 1.07 bits per heavy atom. The van der Waals surface area contributed by atoms with Crippen molar-refractivity contribution in [2.24, 2.45) is 0 Å². The zero-order valence-electron chi connectivity index (χ0n) is 14.1. The van der Waals surface area contributed by atoms with Crippen molar-refractivity contribution in [1.82, 2.24) is 15.0 Å². The van der Waals surface area contributed by atoms with Crippen LogP contribution in [-0.2, 0) is 0 Å². The number of benzene rings is 2. The molecule has 0 aliphatic carbocycles. The van der Waals surface area contributed by atoms with Crippen LogP contribution in [0.15, 0.2) is 53.3 Å². The molecule has 0 bridgehead atoms. The third-order valence-electron chi connectivity index (χ3n) is 3.70. The predicted octanol–water partition coefficient (Wildman–Crippen LogP) is 4.98. The molecule has 4 aromatic rings. The maximum atomic E-state index is 6.18. The molecule has 0 saturated carbocycles. The van der Waals surface area contributed by atoms with E-state index in [-0.39, 0.29) is 5.88 Å². The molecule has 0 radical (unpaired) electrons. The van der Waals surface area contributed by atoms with Gasteiger partial charge in [0.1, 0.15) is 23.5 Å². The highest BCUT2D eigenvalue weighted by Crippen LogP contribution is 2.34. The SMILES string of the molecule is COc1ccc2nc(Nc3ncnc(Oc4ccc(Br)cc4)c3N)sc2c1. The van der Waals surface area contributed by atoms with Crippen LogP contribution < -0.4 is 20.5 Å². The second-order valence-corrected chi connectivity index (χ2v) is 7.42. The first-order chi connectivity index (χ1) is 13.1. The molecule has 9 heteroatoms. The lowest BCUT2D eigenvalue weighted by Crippen LogP contribution is -2.02. The Balaban J connectivity index is 1.59. The molecule has 0 spiro atoms. The standard InChI is InChI=1S/C18H14BrN5O2S/c1-25-12-6-7-13-14(8-12)27-18(23-13)24-16-15(20)17(22-9-21-16)26-11-4-2-10(19)3-5-11/h2-9H,20H2,1H3,(H,21,22,23,24). The minimum absolute atomic E-state index is 0.276. The van der Waals surface area contributed by atoms with Crippen LogP contribution in [0.5, 0.6) is 17.4 Å². The molecule has 2 heterocycles. The van der Waals surface area contributed by atoms with Gasteiger partial charge < -0.3 is 20.5 Å². The predicted molar refractivity (Wildman–Crippen MR) is 110 cm³/mol. The maximum Gasteiger partial charge on any atom is 0.248 e. The van der Waals surface area contributed by atoms with E-state index in [1.54, 1.807) is 7.11 Å². The second kappa shape index (κ2) is 7.37. The molecule has 0 fully saturated rings. The molecule has 0 amide bonds. The fourth-order valence-corrected chi connectivity index (χ4v) is 3.52. The van der Waals surface area contributed by atoms with Crippen molar-refractivity contribution in [3.8, 4) is 17.4 Å². The van der Waals surface area contributed by atoms with Crippen LogP contribution in [0.2, 0.25) is 0 Å².